The second kappa shape index (κ2) is 6.23. The summed E-state index contributed by atoms with van der Waals surface area (Å²) in [5.41, 5.74) is 7.13. The third kappa shape index (κ3) is 3.59. The summed E-state index contributed by atoms with van der Waals surface area (Å²) in [6.07, 6.45) is 0. The number of benzene rings is 1. The number of anilines is 2. The molecule has 0 heterocycles. The molecular weight excluding hydrogens is 266 g/mol. The average molecular weight is 287 g/mol. The minimum absolute atomic E-state index is 0.138. The standard InChI is InChI=1S/C12H21N3O3S/c1-9(8-18-4)15(3)12-6-5-10(7-11(12)13)19(16,17)14-2/h5-7,9,14H,8,13H2,1-4H3. The first-order valence-corrected chi connectivity index (χ1v) is 7.36. The lowest BCUT2D eigenvalue weighted by Gasteiger charge is -2.27. The summed E-state index contributed by atoms with van der Waals surface area (Å²) < 4.78 is 30.7. The Morgan fingerprint density at radius 2 is 2.11 bits per heavy atom. The van der Waals surface area contributed by atoms with Crippen molar-refractivity contribution in [3.63, 3.8) is 0 Å². The molecule has 1 aromatic rings. The van der Waals surface area contributed by atoms with Gasteiger partial charge >= 0.3 is 0 Å². The third-order valence-electron chi connectivity index (χ3n) is 3.03. The number of hydrogen-bond acceptors (Lipinski definition) is 5. The molecule has 3 N–H and O–H groups in total. The molecule has 1 unspecified atom stereocenters. The lowest BCUT2D eigenvalue weighted by molar-refractivity contribution is 0.183. The molecule has 0 aliphatic heterocycles. The van der Waals surface area contributed by atoms with Gasteiger partial charge in [-0.05, 0) is 32.2 Å². The third-order valence-corrected chi connectivity index (χ3v) is 4.44. The van der Waals surface area contributed by atoms with Crippen molar-refractivity contribution in [2.45, 2.75) is 17.9 Å². The number of nitrogens with zero attached hydrogens (tertiary/aromatic N) is 1. The zero-order valence-corrected chi connectivity index (χ0v) is 12.5. The maximum absolute atomic E-state index is 11.7. The number of methoxy groups -OCH3 is 1. The molecule has 6 nitrogen and oxygen atoms in total. The van der Waals surface area contributed by atoms with Gasteiger partial charge in [-0.1, -0.05) is 0 Å². The molecule has 0 bridgehead atoms. The van der Waals surface area contributed by atoms with Gasteiger partial charge in [0.1, 0.15) is 0 Å². The molecule has 1 rings (SSSR count). The minimum atomic E-state index is -3.47. The molecule has 0 radical (unpaired) electrons. The molecule has 7 heteroatoms. The highest BCUT2D eigenvalue weighted by molar-refractivity contribution is 7.89. The van der Waals surface area contributed by atoms with Crippen molar-refractivity contribution in [2.75, 3.05) is 38.4 Å². The molecule has 1 atom stereocenters. The van der Waals surface area contributed by atoms with Gasteiger partial charge in [0.25, 0.3) is 0 Å². The van der Waals surface area contributed by atoms with E-state index >= 15 is 0 Å². The van der Waals surface area contributed by atoms with Crippen LogP contribution in [0.2, 0.25) is 0 Å². The van der Waals surface area contributed by atoms with Gasteiger partial charge in [-0.25, -0.2) is 13.1 Å². The number of sulfonamides is 1. The number of nitrogens with two attached hydrogens (primary N) is 1. The maximum Gasteiger partial charge on any atom is 0.240 e. The van der Waals surface area contributed by atoms with Crippen LogP contribution in [-0.2, 0) is 14.8 Å². The topological polar surface area (TPSA) is 84.7 Å². The second-order valence-corrected chi connectivity index (χ2v) is 6.23. The highest BCUT2D eigenvalue weighted by Gasteiger charge is 2.16. The molecule has 0 saturated carbocycles. The summed E-state index contributed by atoms with van der Waals surface area (Å²) in [7, 11) is 1.43. The monoisotopic (exact) mass is 287 g/mol. The second-order valence-electron chi connectivity index (χ2n) is 4.34. The first kappa shape index (κ1) is 15.7. The van der Waals surface area contributed by atoms with Crippen LogP contribution in [0.15, 0.2) is 23.1 Å². The van der Waals surface area contributed by atoms with Gasteiger partial charge in [-0.2, -0.15) is 0 Å². The van der Waals surface area contributed by atoms with E-state index in [9.17, 15) is 8.42 Å². The fraction of sp³-hybridized carbons (Fsp3) is 0.500. The van der Waals surface area contributed by atoms with E-state index in [-0.39, 0.29) is 10.9 Å². The molecule has 19 heavy (non-hydrogen) atoms. The van der Waals surface area contributed by atoms with E-state index in [1.54, 1.807) is 13.2 Å². The van der Waals surface area contributed by atoms with Gasteiger partial charge in [-0.3, -0.25) is 0 Å². The Hall–Kier alpha value is -1.31. The Morgan fingerprint density at radius 3 is 2.58 bits per heavy atom. The van der Waals surface area contributed by atoms with Crippen LogP contribution in [0.25, 0.3) is 0 Å². The van der Waals surface area contributed by atoms with Crippen LogP contribution in [-0.4, -0.2) is 42.3 Å². The van der Waals surface area contributed by atoms with E-state index in [0.29, 0.717) is 12.3 Å². The quantitative estimate of drug-likeness (QED) is 0.750. The number of rotatable bonds is 6. The predicted octanol–water partition coefficient (Wildman–Crippen LogP) is 0.648. The van der Waals surface area contributed by atoms with Crippen LogP contribution in [0, 0.1) is 0 Å². The molecule has 0 fully saturated rings. The van der Waals surface area contributed by atoms with E-state index < -0.39 is 10.0 Å². The van der Waals surface area contributed by atoms with Crippen molar-refractivity contribution >= 4 is 21.4 Å². The Labute approximate surface area is 114 Å². The summed E-state index contributed by atoms with van der Waals surface area (Å²) in [5, 5.41) is 0. The van der Waals surface area contributed by atoms with Crippen molar-refractivity contribution in [3.05, 3.63) is 18.2 Å². The highest BCUT2D eigenvalue weighted by Crippen LogP contribution is 2.26. The Balaban J connectivity index is 3.08. The zero-order chi connectivity index (χ0) is 14.6. The van der Waals surface area contributed by atoms with Gasteiger partial charge in [0.2, 0.25) is 10.0 Å². The van der Waals surface area contributed by atoms with Gasteiger partial charge in [0.05, 0.1) is 22.9 Å². The van der Waals surface area contributed by atoms with Gasteiger partial charge in [-0.15, -0.1) is 0 Å². The Kier molecular flexibility index (Phi) is 5.16. The summed E-state index contributed by atoms with van der Waals surface area (Å²) >= 11 is 0. The van der Waals surface area contributed by atoms with Crippen molar-refractivity contribution in [1.29, 1.82) is 0 Å². The maximum atomic E-state index is 11.7. The Morgan fingerprint density at radius 1 is 1.47 bits per heavy atom. The molecule has 0 aliphatic carbocycles. The van der Waals surface area contributed by atoms with E-state index in [4.69, 9.17) is 10.5 Å². The molecule has 0 spiro atoms. The van der Waals surface area contributed by atoms with Crippen LogP contribution in [0.3, 0.4) is 0 Å². The van der Waals surface area contributed by atoms with Crippen LogP contribution in [0.1, 0.15) is 6.92 Å². The van der Waals surface area contributed by atoms with Crippen LogP contribution < -0.4 is 15.4 Å². The SMILES string of the molecule is CNS(=O)(=O)c1ccc(N(C)C(C)COC)c(N)c1. The van der Waals surface area contributed by atoms with Gasteiger partial charge in [0, 0.05) is 20.2 Å². The smallest absolute Gasteiger partial charge is 0.240 e. The van der Waals surface area contributed by atoms with E-state index in [0.717, 1.165) is 5.69 Å². The summed E-state index contributed by atoms with van der Waals surface area (Å²) in [6.45, 7) is 2.56. The molecule has 0 aliphatic rings. The number of ether oxygens (including phenoxy) is 1. The summed E-state index contributed by atoms with van der Waals surface area (Å²) in [5.74, 6) is 0. The molecular formula is C12H21N3O3S. The van der Waals surface area contributed by atoms with Crippen molar-refractivity contribution in [3.8, 4) is 0 Å². The van der Waals surface area contributed by atoms with E-state index in [2.05, 4.69) is 4.72 Å². The average Bonchev–Trinajstić information content (AvgIpc) is 2.38. The van der Waals surface area contributed by atoms with Crippen molar-refractivity contribution in [2.24, 2.45) is 0 Å². The zero-order valence-electron chi connectivity index (χ0n) is 11.7. The first-order valence-electron chi connectivity index (χ1n) is 5.88. The van der Waals surface area contributed by atoms with Crippen molar-refractivity contribution in [1.82, 2.24) is 4.72 Å². The molecule has 108 valence electrons. The largest absolute Gasteiger partial charge is 0.397 e. The number of likely N-dealkylation sites (N-methyl/N-ethyl adjacent to an activating group) is 1. The summed E-state index contributed by atoms with van der Waals surface area (Å²) in [6, 6.07) is 4.83. The minimum Gasteiger partial charge on any atom is -0.397 e. The number of nitrogen functional groups attached to an aromatic ring is 1. The lowest BCUT2D eigenvalue weighted by Crippen LogP contribution is -2.33. The van der Waals surface area contributed by atoms with Gasteiger partial charge < -0.3 is 15.4 Å². The summed E-state index contributed by atoms with van der Waals surface area (Å²) in [4.78, 5) is 2.11. The number of hydrogen-bond donors (Lipinski definition) is 2. The molecule has 0 saturated heterocycles. The highest BCUT2D eigenvalue weighted by atomic mass is 32.2. The van der Waals surface area contributed by atoms with Crippen LogP contribution >= 0.6 is 0 Å². The van der Waals surface area contributed by atoms with E-state index in [1.807, 2.05) is 18.9 Å². The van der Waals surface area contributed by atoms with Crippen LogP contribution in [0.4, 0.5) is 11.4 Å². The predicted molar refractivity (Wildman–Crippen MR) is 76.8 cm³/mol. The Bertz CT molecular complexity index is 531. The lowest BCUT2D eigenvalue weighted by atomic mass is 10.2. The van der Waals surface area contributed by atoms with Crippen molar-refractivity contribution < 1.29 is 13.2 Å². The fourth-order valence-electron chi connectivity index (χ4n) is 1.73. The van der Waals surface area contributed by atoms with Gasteiger partial charge in [0.15, 0.2) is 0 Å². The molecule has 1 aromatic carbocycles. The van der Waals surface area contributed by atoms with Crippen LogP contribution in [0.5, 0.6) is 0 Å². The molecule has 0 amide bonds. The number of nitrogens with one attached hydrogen (secondary N) is 1. The fourth-order valence-corrected chi connectivity index (χ4v) is 2.49. The normalized spacial score (nSPS) is 13.3. The first-order chi connectivity index (χ1) is 8.83. The van der Waals surface area contributed by atoms with E-state index in [1.165, 1.54) is 19.2 Å². The molecule has 0 aromatic heterocycles.